The molecular formula is C17H24F2O2. The lowest BCUT2D eigenvalue weighted by atomic mass is 10.0. The highest BCUT2D eigenvalue weighted by atomic mass is 19.1. The summed E-state index contributed by atoms with van der Waals surface area (Å²) in [4.78, 5) is 12.1. The van der Waals surface area contributed by atoms with Gasteiger partial charge in [-0.25, -0.2) is 8.78 Å². The Morgan fingerprint density at radius 2 is 2.00 bits per heavy atom. The summed E-state index contributed by atoms with van der Waals surface area (Å²) >= 11 is 0. The van der Waals surface area contributed by atoms with E-state index < -0.39 is 23.5 Å². The van der Waals surface area contributed by atoms with Crippen LogP contribution in [-0.4, -0.2) is 18.5 Å². The standard InChI is InChI=1S/C17H24F2O2/c1-4-6-7-13(5-2)11-21-12(3)17(20)15-9-8-14(18)10-16(15)19/h8-10,12-13H,4-7,11H2,1-3H3. The number of ketones is 1. The number of carbonyl (C=O) groups is 1. The number of carbonyl (C=O) groups excluding carboxylic acids is 1. The molecular weight excluding hydrogens is 274 g/mol. The predicted molar refractivity (Wildman–Crippen MR) is 79.4 cm³/mol. The molecule has 4 heteroatoms. The maximum atomic E-state index is 13.6. The van der Waals surface area contributed by atoms with E-state index in [4.69, 9.17) is 4.74 Å². The summed E-state index contributed by atoms with van der Waals surface area (Å²) in [5, 5.41) is 0. The zero-order valence-electron chi connectivity index (χ0n) is 13.0. The summed E-state index contributed by atoms with van der Waals surface area (Å²) in [6.45, 7) is 6.33. The van der Waals surface area contributed by atoms with Crippen LogP contribution >= 0.6 is 0 Å². The van der Waals surface area contributed by atoms with Crippen LogP contribution in [0.4, 0.5) is 8.78 Å². The second kappa shape index (κ2) is 8.88. The summed E-state index contributed by atoms with van der Waals surface area (Å²) in [7, 11) is 0. The first-order chi connectivity index (χ1) is 9.99. The highest BCUT2D eigenvalue weighted by Crippen LogP contribution is 2.16. The highest BCUT2D eigenvalue weighted by Gasteiger charge is 2.20. The Morgan fingerprint density at radius 3 is 2.57 bits per heavy atom. The smallest absolute Gasteiger partial charge is 0.194 e. The third-order valence-corrected chi connectivity index (χ3v) is 3.69. The van der Waals surface area contributed by atoms with Crippen molar-refractivity contribution in [3.05, 3.63) is 35.4 Å². The van der Waals surface area contributed by atoms with E-state index in [0.29, 0.717) is 12.5 Å². The molecule has 2 atom stereocenters. The van der Waals surface area contributed by atoms with Crippen LogP contribution < -0.4 is 0 Å². The van der Waals surface area contributed by atoms with Crippen molar-refractivity contribution in [1.29, 1.82) is 0 Å². The number of benzene rings is 1. The van der Waals surface area contributed by atoms with E-state index in [1.807, 2.05) is 0 Å². The second-order valence-electron chi connectivity index (χ2n) is 5.38. The fourth-order valence-electron chi connectivity index (χ4n) is 2.16. The molecule has 0 radical (unpaired) electrons. The largest absolute Gasteiger partial charge is 0.370 e. The van der Waals surface area contributed by atoms with Gasteiger partial charge in [-0.05, 0) is 31.4 Å². The molecule has 1 rings (SSSR count). The molecule has 0 fully saturated rings. The Labute approximate surface area is 125 Å². The summed E-state index contributed by atoms with van der Waals surface area (Å²) in [6, 6.07) is 2.97. The number of halogens is 2. The lowest BCUT2D eigenvalue weighted by Gasteiger charge is -2.18. The van der Waals surface area contributed by atoms with Gasteiger partial charge in [-0.2, -0.15) is 0 Å². The maximum absolute atomic E-state index is 13.6. The van der Waals surface area contributed by atoms with Crippen LogP contribution in [0.2, 0.25) is 0 Å². The molecule has 0 amide bonds. The molecule has 0 bridgehead atoms. The molecule has 0 aliphatic carbocycles. The van der Waals surface area contributed by atoms with Crippen molar-refractivity contribution in [2.75, 3.05) is 6.61 Å². The van der Waals surface area contributed by atoms with Crippen molar-refractivity contribution in [2.24, 2.45) is 5.92 Å². The van der Waals surface area contributed by atoms with Crippen LogP contribution in [-0.2, 0) is 4.74 Å². The molecule has 1 aromatic rings. The minimum Gasteiger partial charge on any atom is -0.370 e. The molecule has 0 aliphatic rings. The molecule has 118 valence electrons. The lowest BCUT2D eigenvalue weighted by Crippen LogP contribution is -2.25. The van der Waals surface area contributed by atoms with Crippen molar-refractivity contribution in [2.45, 2.75) is 52.6 Å². The molecule has 0 saturated carbocycles. The fraction of sp³-hybridized carbons (Fsp3) is 0.588. The van der Waals surface area contributed by atoms with Gasteiger partial charge in [0, 0.05) is 6.07 Å². The summed E-state index contributed by atoms with van der Waals surface area (Å²) in [5.41, 5.74) is -0.120. The zero-order valence-corrected chi connectivity index (χ0v) is 13.0. The van der Waals surface area contributed by atoms with E-state index in [9.17, 15) is 13.6 Å². The second-order valence-corrected chi connectivity index (χ2v) is 5.38. The third-order valence-electron chi connectivity index (χ3n) is 3.69. The van der Waals surface area contributed by atoms with Crippen molar-refractivity contribution in [3.8, 4) is 0 Å². The van der Waals surface area contributed by atoms with Crippen LogP contribution in [0.5, 0.6) is 0 Å². The highest BCUT2D eigenvalue weighted by molar-refractivity contribution is 5.99. The predicted octanol–water partition coefficient (Wildman–Crippen LogP) is 4.77. The fourth-order valence-corrected chi connectivity index (χ4v) is 2.16. The van der Waals surface area contributed by atoms with Crippen molar-refractivity contribution in [3.63, 3.8) is 0 Å². The molecule has 0 N–H and O–H groups in total. The molecule has 0 aliphatic heterocycles. The first-order valence-corrected chi connectivity index (χ1v) is 7.60. The van der Waals surface area contributed by atoms with Gasteiger partial charge in [-0.1, -0.05) is 33.1 Å². The number of ether oxygens (including phenoxy) is 1. The summed E-state index contributed by atoms with van der Waals surface area (Å²) in [5.74, 6) is -1.56. The molecule has 0 heterocycles. The van der Waals surface area contributed by atoms with E-state index in [2.05, 4.69) is 13.8 Å². The Bertz CT molecular complexity index is 460. The normalized spacial score (nSPS) is 14.0. The quantitative estimate of drug-likeness (QED) is 0.614. The molecule has 1 aromatic carbocycles. The van der Waals surface area contributed by atoms with Gasteiger partial charge in [0.05, 0.1) is 12.2 Å². The molecule has 21 heavy (non-hydrogen) atoms. The Morgan fingerprint density at radius 1 is 1.29 bits per heavy atom. The Balaban J connectivity index is 2.58. The average Bonchev–Trinajstić information content (AvgIpc) is 2.46. The molecule has 0 spiro atoms. The molecule has 0 aromatic heterocycles. The van der Waals surface area contributed by atoms with Gasteiger partial charge < -0.3 is 4.74 Å². The first kappa shape index (κ1) is 17.8. The van der Waals surface area contributed by atoms with Crippen LogP contribution in [0.3, 0.4) is 0 Å². The van der Waals surface area contributed by atoms with E-state index in [1.54, 1.807) is 6.92 Å². The minimum absolute atomic E-state index is 0.120. The van der Waals surface area contributed by atoms with Gasteiger partial charge in [0.25, 0.3) is 0 Å². The topological polar surface area (TPSA) is 26.3 Å². The van der Waals surface area contributed by atoms with E-state index in [-0.39, 0.29) is 5.56 Å². The van der Waals surface area contributed by atoms with Crippen LogP contribution in [0, 0.1) is 17.6 Å². The van der Waals surface area contributed by atoms with Gasteiger partial charge in [-0.15, -0.1) is 0 Å². The SMILES string of the molecule is CCCCC(CC)COC(C)C(=O)c1ccc(F)cc1F. The number of hydrogen-bond donors (Lipinski definition) is 0. The molecule has 0 saturated heterocycles. The van der Waals surface area contributed by atoms with E-state index >= 15 is 0 Å². The van der Waals surface area contributed by atoms with Crippen molar-refractivity contribution in [1.82, 2.24) is 0 Å². The van der Waals surface area contributed by atoms with Gasteiger partial charge in [0.1, 0.15) is 17.7 Å². The minimum atomic E-state index is -0.839. The number of hydrogen-bond acceptors (Lipinski definition) is 2. The number of rotatable bonds is 9. The maximum Gasteiger partial charge on any atom is 0.194 e. The zero-order chi connectivity index (χ0) is 15.8. The first-order valence-electron chi connectivity index (χ1n) is 7.60. The lowest BCUT2D eigenvalue weighted by molar-refractivity contribution is 0.0318. The van der Waals surface area contributed by atoms with Crippen LogP contribution in [0.15, 0.2) is 18.2 Å². The van der Waals surface area contributed by atoms with Crippen molar-refractivity contribution >= 4 is 5.78 Å². The van der Waals surface area contributed by atoms with Crippen molar-refractivity contribution < 1.29 is 18.3 Å². The van der Waals surface area contributed by atoms with Gasteiger partial charge in [-0.3, -0.25) is 4.79 Å². The van der Waals surface area contributed by atoms with Gasteiger partial charge >= 0.3 is 0 Å². The van der Waals surface area contributed by atoms with Crippen LogP contribution in [0.1, 0.15) is 56.8 Å². The van der Waals surface area contributed by atoms with Gasteiger partial charge in [0.2, 0.25) is 0 Å². The monoisotopic (exact) mass is 298 g/mol. The van der Waals surface area contributed by atoms with E-state index in [1.165, 1.54) is 6.07 Å². The summed E-state index contributed by atoms with van der Waals surface area (Å²) in [6.07, 6.45) is 3.60. The Hall–Kier alpha value is -1.29. The average molecular weight is 298 g/mol. The third kappa shape index (κ3) is 5.54. The van der Waals surface area contributed by atoms with E-state index in [0.717, 1.165) is 37.8 Å². The number of unbranched alkanes of at least 4 members (excludes halogenated alkanes) is 1. The summed E-state index contributed by atoms with van der Waals surface area (Å²) < 4.78 is 32.0. The number of Topliss-reactive ketones (excluding diaryl/α,β-unsaturated/α-hetero) is 1. The molecule has 2 nitrogen and oxygen atoms in total. The molecule has 2 unspecified atom stereocenters. The Kier molecular flexibility index (Phi) is 7.51. The van der Waals surface area contributed by atoms with Crippen LogP contribution in [0.25, 0.3) is 0 Å². The van der Waals surface area contributed by atoms with Gasteiger partial charge in [0.15, 0.2) is 5.78 Å².